The first-order valence-corrected chi connectivity index (χ1v) is 9.83. The first-order chi connectivity index (χ1) is 13.1. The van der Waals surface area contributed by atoms with Crippen LogP contribution in [0.3, 0.4) is 0 Å². The van der Waals surface area contributed by atoms with Crippen LogP contribution in [-0.4, -0.2) is 47.8 Å². The Morgan fingerprint density at radius 1 is 0.741 bits per heavy atom. The fourth-order valence-electron chi connectivity index (χ4n) is 3.36. The second kappa shape index (κ2) is 9.56. The van der Waals surface area contributed by atoms with Crippen molar-refractivity contribution in [3.63, 3.8) is 0 Å². The lowest BCUT2D eigenvalue weighted by Crippen LogP contribution is -2.50. The van der Waals surface area contributed by atoms with Crippen molar-refractivity contribution in [2.75, 3.05) is 26.2 Å². The highest BCUT2D eigenvalue weighted by atomic mass is 35.5. The maximum absolute atomic E-state index is 12.4. The van der Waals surface area contributed by atoms with Gasteiger partial charge in [0.25, 0.3) is 0 Å². The SMILES string of the molecule is O=C(CCc1ccccc1)N1CCN(C(=O)CCc2cccc(Cl)c2)CC1. The summed E-state index contributed by atoms with van der Waals surface area (Å²) >= 11 is 5.99. The topological polar surface area (TPSA) is 40.6 Å². The van der Waals surface area contributed by atoms with Crippen molar-refractivity contribution in [1.29, 1.82) is 0 Å². The number of rotatable bonds is 6. The minimum absolute atomic E-state index is 0.145. The summed E-state index contributed by atoms with van der Waals surface area (Å²) in [6, 6.07) is 17.7. The van der Waals surface area contributed by atoms with Crippen LogP contribution < -0.4 is 0 Å². The fraction of sp³-hybridized carbons (Fsp3) is 0.364. The molecule has 1 aliphatic rings. The Morgan fingerprint density at radius 3 is 1.81 bits per heavy atom. The van der Waals surface area contributed by atoms with Crippen molar-refractivity contribution in [3.8, 4) is 0 Å². The molecule has 4 nitrogen and oxygen atoms in total. The first kappa shape index (κ1) is 19.4. The molecule has 0 atom stereocenters. The number of carbonyl (C=O) groups is 2. The van der Waals surface area contributed by atoms with E-state index >= 15 is 0 Å². The van der Waals surface area contributed by atoms with Gasteiger partial charge in [0.2, 0.25) is 11.8 Å². The van der Waals surface area contributed by atoms with Crippen LogP contribution in [0.5, 0.6) is 0 Å². The van der Waals surface area contributed by atoms with Crippen LogP contribution in [0, 0.1) is 0 Å². The predicted molar refractivity (Wildman–Crippen MR) is 108 cm³/mol. The zero-order valence-electron chi connectivity index (χ0n) is 15.4. The Kier molecular flexibility index (Phi) is 6.88. The Balaban J connectivity index is 1.40. The molecular weight excluding hydrogens is 360 g/mol. The Labute approximate surface area is 165 Å². The molecule has 3 rings (SSSR count). The summed E-state index contributed by atoms with van der Waals surface area (Å²) in [5.41, 5.74) is 2.26. The molecule has 2 amide bonds. The quantitative estimate of drug-likeness (QED) is 0.763. The molecule has 1 aliphatic heterocycles. The highest BCUT2D eigenvalue weighted by Crippen LogP contribution is 2.14. The smallest absolute Gasteiger partial charge is 0.223 e. The molecule has 2 aromatic carbocycles. The lowest BCUT2D eigenvalue weighted by molar-refractivity contribution is -0.139. The minimum Gasteiger partial charge on any atom is -0.339 e. The third-order valence-corrected chi connectivity index (χ3v) is 5.21. The van der Waals surface area contributed by atoms with Gasteiger partial charge in [0.15, 0.2) is 0 Å². The number of hydrogen-bond donors (Lipinski definition) is 0. The Hall–Kier alpha value is -2.33. The summed E-state index contributed by atoms with van der Waals surface area (Å²) in [6.07, 6.45) is 2.45. The zero-order chi connectivity index (χ0) is 19.1. The van der Waals surface area contributed by atoms with Gasteiger partial charge in [0.05, 0.1) is 0 Å². The third-order valence-electron chi connectivity index (χ3n) is 4.97. The number of nitrogens with zero attached hydrogens (tertiary/aromatic N) is 2. The van der Waals surface area contributed by atoms with Crippen LogP contribution in [0.25, 0.3) is 0 Å². The molecule has 0 bridgehead atoms. The molecule has 27 heavy (non-hydrogen) atoms. The second-order valence-electron chi connectivity index (χ2n) is 6.88. The van der Waals surface area contributed by atoms with Crippen LogP contribution in [-0.2, 0) is 22.4 Å². The number of piperazine rings is 1. The summed E-state index contributed by atoms with van der Waals surface area (Å²) < 4.78 is 0. The fourth-order valence-corrected chi connectivity index (χ4v) is 3.57. The van der Waals surface area contributed by atoms with Gasteiger partial charge in [-0.2, -0.15) is 0 Å². The van der Waals surface area contributed by atoms with E-state index in [1.165, 1.54) is 5.56 Å². The Morgan fingerprint density at radius 2 is 1.26 bits per heavy atom. The summed E-state index contributed by atoms with van der Waals surface area (Å²) in [7, 11) is 0. The molecule has 1 saturated heterocycles. The van der Waals surface area contributed by atoms with Gasteiger partial charge in [-0.1, -0.05) is 54.1 Å². The highest BCUT2D eigenvalue weighted by Gasteiger charge is 2.23. The molecule has 0 aliphatic carbocycles. The number of carbonyl (C=O) groups excluding carboxylic acids is 2. The van der Waals surface area contributed by atoms with Crippen LogP contribution in [0.2, 0.25) is 5.02 Å². The van der Waals surface area contributed by atoms with Crippen molar-refractivity contribution in [1.82, 2.24) is 9.80 Å². The number of halogens is 1. The largest absolute Gasteiger partial charge is 0.339 e. The molecule has 0 spiro atoms. The van der Waals surface area contributed by atoms with Crippen molar-refractivity contribution in [2.45, 2.75) is 25.7 Å². The minimum atomic E-state index is 0.145. The molecule has 0 radical (unpaired) electrons. The molecule has 1 fully saturated rings. The molecule has 5 heteroatoms. The van der Waals surface area contributed by atoms with Crippen LogP contribution in [0.1, 0.15) is 24.0 Å². The maximum Gasteiger partial charge on any atom is 0.223 e. The van der Waals surface area contributed by atoms with E-state index in [0.717, 1.165) is 12.0 Å². The van der Waals surface area contributed by atoms with E-state index in [-0.39, 0.29) is 11.8 Å². The standard InChI is InChI=1S/C22H25ClN2O2/c23-20-8-4-7-19(17-20)10-12-22(27)25-15-13-24(14-16-25)21(26)11-9-18-5-2-1-3-6-18/h1-8,17H,9-16H2. The molecule has 0 saturated carbocycles. The molecule has 1 heterocycles. The predicted octanol–water partition coefficient (Wildman–Crippen LogP) is 3.58. The van der Waals surface area contributed by atoms with Gasteiger partial charge in [0.1, 0.15) is 0 Å². The monoisotopic (exact) mass is 384 g/mol. The van der Waals surface area contributed by atoms with Gasteiger partial charge < -0.3 is 9.80 Å². The average molecular weight is 385 g/mol. The van der Waals surface area contributed by atoms with E-state index in [1.54, 1.807) is 0 Å². The summed E-state index contributed by atoms with van der Waals surface area (Å²) in [5.74, 6) is 0.316. The van der Waals surface area contributed by atoms with Gasteiger partial charge in [-0.3, -0.25) is 9.59 Å². The van der Waals surface area contributed by atoms with Gasteiger partial charge >= 0.3 is 0 Å². The van der Waals surface area contributed by atoms with E-state index in [0.29, 0.717) is 50.5 Å². The van der Waals surface area contributed by atoms with Crippen LogP contribution in [0.15, 0.2) is 54.6 Å². The number of amides is 2. The van der Waals surface area contributed by atoms with E-state index in [4.69, 9.17) is 11.6 Å². The van der Waals surface area contributed by atoms with Gasteiger partial charge in [-0.05, 0) is 36.1 Å². The second-order valence-corrected chi connectivity index (χ2v) is 7.31. The molecule has 142 valence electrons. The molecule has 0 aromatic heterocycles. The summed E-state index contributed by atoms with van der Waals surface area (Å²) in [5, 5.41) is 0.697. The lowest BCUT2D eigenvalue weighted by Gasteiger charge is -2.35. The maximum atomic E-state index is 12.4. The highest BCUT2D eigenvalue weighted by molar-refractivity contribution is 6.30. The number of aryl methyl sites for hydroxylation is 2. The van der Waals surface area contributed by atoms with Gasteiger partial charge in [0, 0.05) is 44.0 Å². The van der Waals surface area contributed by atoms with Crippen molar-refractivity contribution in [2.24, 2.45) is 0 Å². The average Bonchev–Trinajstić information content (AvgIpc) is 2.71. The summed E-state index contributed by atoms with van der Waals surface area (Å²) in [4.78, 5) is 28.6. The third kappa shape index (κ3) is 5.83. The van der Waals surface area contributed by atoms with E-state index in [2.05, 4.69) is 0 Å². The van der Waals surface area contributed by atoms with Crippen LogP contribution in [0.4, 0.5) is 0 Å². The zero-order valence-corrected chi connectivity index (χ0v) is 16.2. The van der Waals surface area contributed by atoms with Crippen LogP contribution >= 0.6 is 11.6 Å². The summed E-state index contributed by atoms with van der Waals surface area (Å²) in [6.45, 7) is 2.48. The van der Waals surface area contributed by atoms with Crippen molar-refractivity contribution >= 4 is 23.4 Å². The van der Waals surface area contributed by atoms with Gasteiger partial charge in [-0.25, -0.2) is 0 Å². The lowest BCUT2D eigenvalue weighted by atomic mass is 10.1. The molecular formula is C22H25ClN2O2. The normalized spacial score (nSPS) is 14.3. The van der Waals surface area contributed by atoms with Crippen molar-refractivity contribution < 1.29 is 9.59 Å². The van der Waals surface area contributed by atoms with E-state index in [1.807, 2.05) is 64.4 Å². The molecule has 2 aromatic rings. The Bertz CT molecular complexity index is 771. The van der Waals surface area contributed by atoms with Gasteiger partial charge in [-0.15, -0.1) is 0 Å². The number of hydrogen-bond acceptors (Lipinski definition) is 2. The van der Waals surface area contributed by atoms with Crippen molar-refractivity contribution in [3.05, 3.63) is 70.7 Å². The molecule has 0 unspecified atom stereocenters. The first-order valence-electron chi connectivity index (χ1n) is 9.46. The van der Waals surface area contributed by atoms with E-state index in [9.17, 15) is 9.59 Å². The van der Waals surface area contributed by atoms with E-state index < -0.39 is 0 Å². The molecule has 0 N–H and O–H groups in total. The number of benzene rings is 2.